The van der Waals surface area contributed by atoms with Crippen molar-refractivity contribution in [3.05, 3.63) is 35.4 Å². The number of ketones is 1. The largest absolute Gasteiger partial charge is 0.349 e. The minimum atomic E-state index is -0.00946. The van der Waals surface area contributed by atoms with Crippen molar-refractivity contribution in [3.63, 3.8) is 0 Å². The minimum absolute atomic E-state index is 0.00946. The molecule has 0 aromatic heterocycles. The fraction of sp³-hybridized carbons (Fsp3) is 0.500. The van der Waals surface area contributed by atoms with E-state index in [0.29, 0.717) is 11.5 Å². The van der Waals surface area contributed by atoms with Gasteiger partial charge in [0, 0.05) is 32.5 Å². The summed E-state index contributed by atoms with van der Waals surface area (Å²) < 4.78 is 0. The van der Waals surface area contributed by atoms with E-state index in [1.165, 1.54) is 10.5 Å². The first-order valence-corrected chi connectivity index (χ1v) is 6.72. The zero-order valence-corrected chi connectivity index (χ0v) is 12.3. The summed E-state index contributed by atoms with van der Waals surface area (Å²) in [5, 5.41) is 0. The Morgan fingerprint density at radius 2 is 1.63 bits per heavy atom. The highest BCUT2D eigenvalue weighted by Gasteiger charge is 2.10. The first-order chi connectivity index (χ1) is 8.90. The Bertz CT molecular complexity index is 433. The normalized spacial score (nSPS) is 10.6. The lowest BCUT2D eigenvalue weighted by Crippen LogP contribution is -2.22. The summed E-state index contributed by atoms with van der Waals surface area (Å²) in [6.45, 7) is 4.35. The Balaban J connectivity index is 2.56. The molecule has 1 aromatic carbocycles. The number of Topliss-reactive ketones (excluding diaryl/α,β-unsaturated/α-hetero) is 1. The van der Waals surface area contributed by atoms with E-state index in [0.717, 1.165) is 6.42 Å². The molecule has 0 heterocycles. The van der Waals surface area contributed by atoms with Crippen LogP contribution in [0.25, 0.3) is 0 Å². The monoisotopic (exact) mass is 261 g/mol. The maximum absolute atomic E-state index is 11.9. The van der Waals surface area contributed by atoms with Crippen LogP contribution in [0.15, 0.2) is 24.3 Å². The lowest BCUT2D eigenvalue weighted by atomic mass is 9.99. The lowest BCUT2D eigenvalue weighted by molar-refractivity contribution is -0.128. The number of hydrogen-bond acceptors (Lipinski definition) is 2. The predicted octanol–water partition coefficient (Wildman–Crippen LogP) is 2.94. The topological polar surface area (TPSA) is 37.4 Å². The molecule has 0 fully saturated rings. The first kappa shape index (κ1) is 15.4. The molecule has 19 heavy (non-hydrogen) atoms. The lowest BCUT2D eigenvalue weighted by Gasteiger charge is -2.09. The van der Waals surface area contributed by atoms with Crippen molar-refractivity contribution in [1.29, 1.82) is 0 Å². The van der Waals surface area contributed by atoms with Crippen molar-refractivity contribution >= 4 is 11.7 Å². The number of amides is 1. The molecule has 0 saturated heterocycles. The highest BCUT2D eigenvalue weighted by Crippen LogP contribution is 2.12. The summed E-state index contributed by atoms with van der Waals surface area (Å²) in [6, 6.07) is 7.72. The van der Waals surface area contributed by atoms with E-state index in [9.17, 15) is 9.59 Å². The molecule has 1 amide bonds. The van der Waals surface area contributed by atoms with E-state index >= 15 is 0 Å². The van der Waals surface area contributed by atoms with Crippen molar-refractivity contribution in [3.8, 4) is 0 Å². The fourth-order valence-corrected chi connectivity index (χ4v) is 1.89. The highest BCUT2D eigenvalue weighted by atomic mass is 16.2. The van der Waals surface area contributed by atoms with Crippen molar-refractivity contribution in [1.82, 2.24) is 4.90 Å². The van der Waals surface area contributed by atoms with Gasteiger partial charge in [-0.15, -0.1) is 0 Å². The Labute approximate surface area is 115 Å². The van der Waals surface area contributed by atoms with Crippen LogP contribution in [0.4, 0.5) is 0 Å². The minimum Gasteiger partial charge on any atom is -0.349 e. The molecule has 0 bridgehead atoms. The molecule has 0 spiro atoms. The molecule has 0 atom stereocenters. The fourth-order valence-electron chi connectivity index (χ4n) is 1.89. The second-order valence-electron chi connectivity index (χ2n) is 5.51. The van der Waals surface area contributed by atoms with Gasteiger partial charge >= 0.3 is 0 Å². The summed E-state index contributed by atoms with van der Waals surface area (Å²) in [6.07, 6.45) is 1.58. The van der Waals surface area contributed by atoms with Gasteiger partial charge < -0.3 is 4.90 Å². The van der Waals surface area contributed by atoms with Crippen LogP contribution in [0.2, 0.25) is 0 Å². The number of carbonyl (C=O) groups is 2. The predicted molar refractivity (Wildman–Crippen MR) is 77.2 cm³/mol. The standard InChI is InChI=1S/C16H23NO2/c1-12(2)11-13-5-7-14(8-6-13)15(18)9-10-16(19)17(3)4/h5-8,12H,9-11H2,1-4H3. The van der Waals surface area contributed by atoms with Gasteiger partial charge in [-0.3, -0.25) is 9.59 Å². The van der Waals surface area contributed by atoms with Crippen molar-refractivity contribution in [2.75, 3.05) is 14.1 Å². The molecule has 0 saturated carbocycles. The summed E-state index contributed by atoms with van der Waals surface area (Å²) in [5.41, 5.74) is 1.94. The van der Waals surface area contributed by atoms with E-state index in [1.54, 1.807) is 14.1 Å². The van der Waals surface area contributed by atoms with Crippen LogP contribution < -0.4 is 0 Å². The van der Waals surface area contributed by atoms with Gasteiger partial charge in [0.25, 0.3) is 0 Å². The summed E-state index contributed by atoms with van der Waals surface area (Å²) in [4.78, 5) is 24.9. The molecule has 1 rings (SSSR count). The third-order valence-corrected chi connectivity index (χ3v) is 2.98. The van der Waals surface area contributed by atoms with Crippen LogP contribution in [0.1, 0.15) is 42.6 Å². The molecule has 104 valence electrons. The van der Waals surface area contributed by atoms with Gasteiger partial charge in [-0.05, 0) is 17.9 Å². The molecule has 0 unspecified atom stereocenters. The van der Waals surface area contributed by atoms with E-state index in [1.807, 2.05) is 24.3 Å². The zero-order valence-electron chi connectivity index (χ0n) is 12.3. The van der Waals surface area contributed by atoms with Crippen LogP contribution in [0, 0.1) is 5.92 Å². The first-order valence-electron chi connectivity index (χ1n) is 6.72. The van der Waals surface area contributed by atoms with Gasteiger partial charge in [-0.25, -0.2) is 0 Å². The molecular weight excluding hydrogens is 238 g/mol. The Hall–Kier alpha value is -1.64. The molecule has 0 radical (unpaired) electrons. The molecule has 0 aliphatic heterocycles. The van der Waals surface area contributed by atoms with Crippen LogP contribution in [-0.2, 0) is 11.2 Å². The third kappa shape index (κ3) is 5.25. The van der Waals surface area contributed by atoms with Crippen molar-refractivity contribution in [2.45, 2.75) is 33.1 Å². The molecular formula is C16H23NO2. The van der Waals surface area contributed by atoms with E-state index in [2.05, 4.69) is 13.8 Å². The number of nitrogens with zero attached hydrogens (tertiary/aromatic N) is 1. The van der Waals surface area contributed by atoms with Crippen LogP contribution in [0.5, 0.6) is 0 Å². The maximum Gasteiger partial charge on any atom is 0.222 e. The van der Waals surface area contributed by atoms with Crippen LogP contribution in [-0.4, -0.2) is 30.7 Å². The Morgan fingerprint density at radius 3 is 2.11 bits per heavy atom. The number of hydrogen-bond donors (Lipinski definition) is 0. The van der Waals surface area contributed by atoms with Gasteiger partial charge in [0.2, 0.25) is 5.91 Å². The SMILES string of the molecule is CC(C)Cc1ccc(C(=O)CCC(=O)N(C)C)cc1. The van der Waals surface area contributed by atoms with Gasteiger partial charge in [-0.1, -0.05) is 38.1 Å². The average Bonchev–Trinajstić information content (AvgIpc) is 2.35. The number of benzene rings is 1. The van der Waals surface area contributed by atoms with Crippen LogP contribution >= 0.6 is 0 Å². The van der Waals surface area contributed by atoms with Crippen molar-refractivity contribution in [2.24, 2.45) is 5.92 Å². The van der Waals surface area contributed by atoms with E-state index in [4.69, 9.17) is 0 Å². The number of rotatable bonds is 6. The van der Waals surface area contributed by atoms with Gasteiger partial charge in [0.15, 0.2) is 5.78 Å². The second-order valence-corrected chi connectivity index (χ2v) is 5.51. The molecule has 0 aliphatic carbocycles. The molecule has 3 nitrogen and oxygen atoms in total. The summed E-state index contributed by atoms with van der Waals surface area (Å²) in [5.74, 6) is 0.635. The highest BCUT2D eigenvalue weighted by molar-refractivity contribution is 5.97. The van der Waals surface area contributed by atoms with Crippen molar-refractivity contribution < 1.29 is 9.59 Å². The van der Waals surface area contributed by atoms with Gasteiger partial charge in [-0.2, -0.15) is 0 Å². The zero-order chi connectivity index (χ0) is 14.4. The third-order valence-electron chi connectivity index (χ3n) is 2.98. The Kier molecular flexibility index (Phi) is 5.74. The van der Waals surface area contributed by atoms with E-state index < -0.39 is 0 Å². The maximum atomic E-state index is 11.9. The smallest absolute Gasteiger partial charge is 0.222 e. The van der Waals surface area contributed by atoms with Crippen LogP contribution in [0.3, 0.4) is 0 Å². The molecule has 1 aromatic rings. The summed E-state index contributed by atoms with van der Waals surface area (Å²) in [7, 11) is 3.40. The second kappa shape index (κ2) is 7.07. The number of carbonyl (C=O) groups excluding carboxylic acids is 2. The quantitative estimate of drug-likeness (QED) is 0.738. The molecule has 3 heteroatoms. The average molecular weight is 261 g/mol. The van der Waals surface area contributed by atoms with Gasteiger partial charge in [0.05, 0.1) is 0 Å². The van der Waals surface area contributed by atoms with E-state index in [-0.39, 0.29) is 24.5 Å². The molecule has 0 N–H and O–H groups in total. The van der Waals surface area contributed by atoms with Gasteiger partial charge in [0.1, 0.15) is 0 Å². The molecule has 0 aliphatic rings. The Morgan fingerprint density at radius 1 is 1.05 bits per heavy atom. The summed E-state index contributed by atoms with van der Waals surface area (Å²) >= 11 is 0.